The number of carbonyl (C=O) groups is 1. The van der Waals surface area contributed by atoms with Crippen LogP contribution < -0.4 is 10.2 Å². The third-order valence-electron chi connectivity index (χ3n) is 2.36. The molecule has 0 aliphatic carbocycles. The van der Waals surface area contributed by atoms with Crippen LogP contribution in [-0.2, 0) is 0 Å². The average molecular weight is 234 g/mol. The van der Waals surface area contributed by atoms with E-state index >= 15 is 0 Å². The number of rotatable bonds is 2. The summed E-state index contributed by atoms with van der Waals surface area (Å²) in [6.07, 6.45) is 0. The Labute approximate surface area is 104 Å². The van der Waals surface area contributed by atoms with E-state index in [0.29, 0.717) is 6.54 Å². The first-order valence-electron chi connectivity index (χ1n) is 6.00. The Balaban J connectivity index is 2.88. The Morgan fingerprint density at radius 2 is 2.00 bits per heavy atom. The van der Waals surface area contributed by atoms with Gasteiger partial charge in [-0.25, -0.2) is 4.79 Å². The van der Waals surface area contributed by atoms with Crippen molar-refractivity contribution in [3.63, 3.8) is 0 Å². The number of aryl methyl sites for hydroxylation is 1. The molecule has 0 atom stereocenters. The van der Waals surface area contributed by atoms with Crippen molar-refractivity contribution in [1.29, 1.82) is 0 Å². The Bertz CT molecular complexity index is 393. The molecule has 17 heavy (non-hydrogen) atoms. The Hall–Kier alpha value is -1.51. The van der Waals surface area contributed by atoms with Crippen molar-refractivity contribution in [2.24, 2.45) is 0 Å². The van der Waals surface area contributed by atoms with Crippen LogP contribution in [0.2, 0.25) is 0 Å². The molecular formula is C14H22N2O. The number of carbonyl (C=O) groups excluding carboxylic acids is 1. The van der Waals surface area contributed by atoms with Crippen molar-refractivity contribution >= 4 is 11.7 Å². The topological polar surface area (TPSA) is 32.3 Å². The number of hydrogen-bond donors (Lipinski definition) is 1. The van der Waals surface area contributed by atoms with Crippen molar-refractivity contribution in [2.75, 3.05) is 11.4 Å². The summed E-state index contributed by atoms with van der Waals surface area (Å²) in [4.78, 5) is 13.9. The minimum absolute atomic E-state index is 0.0504. The summed E-state index contributed by atoms with van der Waals surface area (Å²) in [5, 5.41) is 2.98. The molecule has 0 spiro atoms. The van der Waals surface area contributed by atoms with Crippen molar-refractivity contribution in [2.45, 2.75) is 40.2 Å². The minimum Gasteiger partial charge on any atom is -0.333 e. The maximum Gasteiger partial charge on any atom is 0.322 e. The van der Waals surface area contributed by atoms with Crippen LogP contribution in [-0.4, -0.2) is 18.1 Å². The molecule has 0 saturated heterocycles. The van der Waals surface area contributed by atoms with Gasteiger partial charge in [0.25, 0.3) is 0 Å². The number of nitrogens with one attached hydrogen (secondary N) is 1. The third-order valence-corrected chi connectivity index (χ3v) is 2.36. The Morgan fingerprint density at radius 1 is 1.35 bits per heavy atom. The Morgan fingerprint density at radius 3 is 2.47 bits per heavy atom. The number of hydrogen-bond acceptors (Lipinski definition) is 1. The summed E-state index contributed by atoms with van der Waals surface area (Å²) in [6.45, 7) is 10.6. The predicted molar refractivity (Wildman–Crippen MR) is 72.5 cm³/mol. The number of amides is 2. The van der Waals surface area contributed by atoms with Crippen LogP contribution in [0.4, 0.5) is 10.5 Å². The van der Waals surface area contributed by atoms with Gasteiger partial charge in [-0.15, -0.1) is 0 Å². The van der Waals surface area contributed by atoms with E-state index in [0.717, 1.165) is 11.3 Å². The highest BCUT2D eigenvalue weighted by Crippen LogP contribution is 2.16. The van der Waals surface area contributed by atoms with Gasteiger partial charge in [0, 0.05) is 17.8 Å². The van der Waals surface area contributed by atoms with Gasteiger partial charge in [0.05, 0.1) is 0 Å². The fourth-order valence-electron chi connectivity index (χ4n) is 1.63. The van der Waals surface area contributed by atoms with Gasteiger partial charge in [0.2, 0.25) is 0 Å². The smallest absolute Gasteiger partial charge is 0.322 e. The van der Waals surface area contributed by atoms with Gasteiger partial charge < -0.3 is 5.32 Å². The van der Waals surface area contributed by atoms with E-state index in [4.69, 9.17) is 0 Å². The summed E-state index contributed by atoms with van der Waals surface area (Å²) < 4.78 is 0. The summed E-state index contributed by atoms with van der Waals surface area (Å²) in [7, 11) is 0. The lowest BCUT2D eigenvalue weighted by Crippen LogP contribution is -2.48. The van der Waals surface area contributed by atoms with Crippen molar-refractivity contribution in [1.82, 2.24) is 5.32 Å². The molecular weight excluding hydrogens is 212 g/mol. The standard InChI is InChI=1S/C14H22N2O/c1-6-16(13(17)15-14(3,4)5)12-9-7-8-11(2)10-12/h7-10H,6H2,1-5H3,(H,15,17). The van der Waals surface area contributed by atoms with Crippen LogP contribution in [0.25, 0.3) is 0 Å². The molecule has 1 rings (SSSR count). The second-order valence-corrected chi connectivity index (χ2v) is 5.26. The van der Waals surface area contributed by atoms with Crippen LogP contribution in [0.15, 0.2) is 24.3 Å². The zero-order chi connectivity index (χ0) is 13.1. The maximum absolute atomic E-state index is 12.1. The first kappa shape index (κ1) is 13.6. The molecule has 0 radical (unpaired) electrons. The molecule has 0 unspecified atom stereocenters. The second-order valence-electron chi connectivity index (χ2n) is 5.26. The lowest BCUT2D eigenvalue weighted by Gasteiger charge is -2.27. The monoisotopic (exact) mass is 234 g/mol. The van der Waals surface area contributed by atoms with Gasteiger partial charge in [0.15, 0.2) is 0 Å². The number of anilines is 1. The zero-order valence-corrected chi connectivity index (χ0v) is 11.4. The molecule has 3 heteroatoms. The van der Waals surface area contributed by atoms with Crippen LogP contribution in [0.1, 0.15) is 33.3 Å². The molecule has 1 N–H and O–H groups in total. The quantitative estimate of drug-likeness (QED) is 0.836. The summed E-state index contributed by atoms with van der Waals surface area (Å²) in [5.74, 6) is 0. The van der Waals surface area contributed by atoms with E-state index in [1.165, 1.54) is 0 Å². The first-order valence-corrected chi connectivity index (χ1v) is 6.00. The number of urea groups is 1. The molecule has 0 aliphatic heterocycles. The van der Waals surface area contributed by atoms with Crippen LogP contribution in [0.3, 0.4) is 0 Å². The third kappa shape index (κ3) is 4.10. The molecule has 1 aromatic carbocycles. The van der Waals surface area contributed by atoms with Crippen molar-refractivity contribution in [3.8, 4) is 0 Å². The molecule has 2 amide bonds. The van der Waals surface area contributed by atoms with Gasteiger partial charge in [-0.3, -0.25) is 4.90 Å². The number of benzene rings is 1. The summed E-state index contributed by atoms with van der Waals surface area (Å²) >= 11 is 0. The fourth-order valence-corrected chi connectivity index (χ4v) is 1.63. The highest BCUT2D eigenvalue weighted by molar-refractivity contribution is 5.92. The fraction of sp³-hybridized carbons (Fsp3) is 0.500. The lowest BCUT2D eigenvalue weighted by atomic mass is 10.1. The van der Waals surface area contributed by atoms with E-state index in [1.807, 2.05) is 58.9 Å². The molecule has 0 saturated carbocycles. The van der Waals surface area contributed by atoms with E-state index < -0.39 is 0 Å². The zero-order valence-electron chi connectivity index (χ0n) is 11.4. The highest BCUT2D eigenvalue weighted by Gasteiger charge is 2.19. The van der Waals surface area contributed by atoms with Crippen LogP contribution >= 0.6 is 0 Å². The minimum atomic E-state index is -0.214. The van der Waals surface area contributed by atoms with Gasteiger partial charge in [-0.05, 0) is 52.3 Å². The first-order chi connectivity index (χ1) is 7.83. The van der Waals surface area contributed by atoms with Crippen LogP contribution in [0.5, 0.6) is 0 Å². The van der Waals surface area contributed by atoms with Crippen LogP contribution in [0, 0.1) is 6.92 Å². The van der Waals surface area contributed by atoms with Crippen molar-refractivity contribution < 1.29 is 4.79 Å². The van der Waals surface area contributed by atoms with E-state index in [1.54, 1.807) is 4.90 Å². The molecule has 3 nitrogen and oxygen atoms in total. The molecule has 0 aliphatic rings. The van der Waals surface area contributed by atoms with E-state index in [-0.39, 0.29) is 11.6 Å². The van der Waals surface area contributed by atoms with Gasteiger partial charge in [-0.1, -0.05) is 12.1 Å². The number of nitrogens with zero attached hydrogens (tertiary/aromatic N) is 1. The maximum atomic E-state index is 12.1. The van der Waals surface area contributed by atoms with Gasteiger partial charge in [-0.2, -0.15) is 0 Å². The molecule has 0 aromatic heterocycles. The lowest BCUT2D eigenvalue weighted by molar-refractivity contribution is 0.238. The predicted octanol–water partition coefficient (Wildman–Crippen LogP) is 3.33. The largest absolute Gasteiger partial charge is 0.333 e. The van der Waals surface area contributed by atoms with Gasteiger partial charge in [0.1, 0.15) is 0 Å². The molecule has 0 heterocycles. The molecule has 1 aromatic rings. The second kappa shape index (κ2) is 5.21. The molecule has 94 valence electrons. The molecule has 0 fully saturated rings. The average Bonchev–Trinajstić information content (AvgIpc) is 2.15. The molecule has 0 bridgehead atoms. The Kier molecular flexibility index (Phi) is 4.16. The van der Waals surface area contributed by atoms with Crippen molar-refractivity contribution in [3.05, 3.63) is 29.8 Å². The summed E-state index contributed by atoms with van der Waals surface area (Å²) in [6, 6.07) is 7.92. The van der Waals surface area contributed by atoms with E-state index in [9.17, 15) is 4.79 Å². The SMILES string of the molecule is CCN(C(=O)NC(C)(C)C)c1cccc(C)c1. The van der Waals surface area contributed by atoms with E-state index in [2.05, 4.69) is 5.32 Å². The van der Waals surface area contributed by atoms with Gasteiger partial charge >= 0.3 is 6.03 Å². The highest BCUT2D eigenvalue weighted by atomic mass is 16.2. The summed E-state index contributed by atoms with van der Waals surface area (Å²) in [5.41, 5.74) is 1.88. The normalized spacial score (nSPS) is 11.1.